The van der Waals surface area contributed by atoms with Crippen molar-refractivity contribution in [2.75, 3.05) is 14.2 Å². The molecule has 0 amide bonds. The van der Waals surface area contributed by atoms with Crippen molar-refractivity contribution < 1.29 is 29.0 Å². The van der Waals surface area contributed by atoms with Gasteiger partial charge in [0.2, 0.25) is 0 Å². The Kier molecular flexibility index (Phi) is 13.2. The van der Waals surface area contributed by atoms with Crippen LogP contribution in [0, 0.1) is 0 Å². The summed E-state index contributed by atoms with van der Waals surface area (Å²) in [4.78, 5) is 32.0. The maximum absolute atomic E-state index is 11.0. The highest BCUT2D eigenvalue weighted by Gasteiger charge is 2.09. The molecule has 0 saturated carbocycles. The van der Waals surface area contributed by atoms with Crippen molar-refractivity contribution >= 4 is 17.9 Å². The van der Waals surface area contributed by atoms with Crippen LogP contribution in [0.4, 0.5) is 0 Å². The van der Waals surface area contributed by atoms with Crippen LogP contribution in [0.2, 0.25) is 0 Å². The molecule has 0 rings (SSSR count). The Labute approximate surface area is 137 Å². The van der Waals surface area contributed by atoms with Crippen molar-refractivity contribution in [3.8, 4) is 0 Å². The highest BCUT2D eigenvalue weighted by atomic mass is 16.5. The Morgan fingerprint density at radius 2 is 1.61 bits per heavy atom. The Morgan fingerprint density at radius 1 is 1.09 bits per heavy atom. The van der Waals surface area contributed by atoms with Crippen LogP contribution < -0.4 is 0 Å². The average Bonchev–Trinajstić information content (AvgIpc) is 2.52. The molecule has 0 aromatic rings. The maximum Gasteiger partial charge on any atom is 0.333 e. The predicted molar refractivity (Wildman–Crippen MR) is 87.8 cm³/mol. The van der Waals surface area contributed by atoms with E-state index < -0.39 is 11.9 Å². The van der Waals surface area contributed by atoms with E-state index >= 15 is 0 Å². The van der Waals surface area contributed by atoms with Crippen LogP contribution in [-0.4, -0.2) is 37.2 Å². The number of carboxylic acid groups (broad SMARTS) is 1. The minimum Gasteiger partial charge on any atom is -0.478 e. The van der Waals surface area contributed by atoms with Crippen molar-refractivity contribution in [2.45, 2.75) is 39.5 Å². The summed E-state index contributed by atoms with van der Waals surface area (Å²) in [5.41, 5.74) is 1.02. The third kappa shape index (κ3) is 11.9. The third-order valence-electron chi connectivity index (χ3n) is 2.68. The van der Waals surface area contributed by atoms with Crippen molar-refractivity contribution in [3.05, 3.63) is 36.0 Å². The summed E-state index contributed by atoms with van der Waals surface area (Å²) >= 11 is 0. The number of hydrogen-bond donors (Lipinski definition) is 1. The highest BCUT2D eigenvalue weighted by molar-refractivity contribution is 5.89. The second-order valence-electron chi connectivity index (χ2n) is 4.71. The van der Waals surface area contributed by atoms with Gasteiger partial charge in [0.05, 0.1) is 14.2 Å². The van der Waals surface area contributed by atoms with E-state index in [1.807, 2.05) is 6.92 Å². The molecular weight excluding hydrogens is 300 g/mol. The zero-order valence-electron chi connectivity index (χ0n) is 14.3. The van der Waals surface area contributed by atoms with E-state index in [9.17, 15) is 14.4 Å². The molecule has 0 fully saturated rings. The lowest BCUT2D eigenvalue weighted by atomic mass is 10.1. The maximum atomic E-state index is 11.0. The first-order chi connectivity index (χ1) is 10.7. The zero-order valence-corrected chi connectivity index (χ0v) is 14.3. The van der Waals surface area contributed by atoms with Crippen LogP contribution in [-0.2, 0) is 23.9 Å². The summed E-state index contributed by atoms with van der Waals surface area (Å²) in [6.45, 7) is 10.5. The van der Waals surface area contributed by atoms with Crippen molar-refractivity contribution in [3.63, 3.8) is 0 Å². The van der Waals surface area contributed by atoms with E-state index in [-0.39, 0.29) is 18.0 Å². The third-order valence-corrected chi connectivity index (χ3v) is 2.68. The summed E-state index contributed by atoms with van der Waals surface area (Å²) < 4.78 is 8.74. The molecule has 0 aromatic carbocycles. The summed E-state index contributed by atoms with van der Waals surface area (Å²) in [5, 5.41) is 8.89. The molecule has 0 saturated heterocycles. The number of hydrogen-bond acceptors (Lipinski definition) is 5. The van der Waals surface area contributed by atoms with Gasteiger partial charge in [-0.25, -0.2) is 14.4 Å². The van der Waals surface area contributed by atoms with E-state index in [2.05, 4.69) is 22.6 Å². The molecule has 0 aliphatic carbocycles. The number of aliphatic carboxylic acids is 1. The van der Waals surface area contributed by atoms with E-state index in [0.717, 1.165) is 12.8 Å². The number of carbonyl (C=O) groups is 3. The molecular formula is C17H26O6. The summed E-state index contributed by atoms with van der Waals surface area (Å²) in [7, 11) is 2.60. The van der Waals surface area contributed by atoms with E-state index in [1.54, 1.807) is 6.92 Å². The first-order valence-corrected chi connectivity index (χ1v) is 7.13. The van der Waals surface area contributed by atoms with Crippen molar-refractivity contribution in [1.82, 2.24) is 0 Å². The molecule has 0 aliphatic rings. The van der Waals surface area contributed by atoms with Crippen LogP contribution in [0.3, 0.4) is 0 Å². The lowest BCUT2D eigenvalue weighted by molar-refractivity contribution is -0.136. The molecule has 6 heteroatoms. The molecule has 0 heterocycles. The largest absolute Gasteiger partial charge is 0.478 e. The molecule has 0 spiro atoms. The smallest absolute Gasteiger partial charge is 0.333 e. The van der Waals surface area contributed by atoms with E-state index in [1.165, 1.54) is 20.3 Å². The van der Waals surface area contributed by atoms with Crippen molar-refractivity contribution in [2.24, 2.45) is 0 Å². The minimum atomic E-state index is -0.939. The Bertz CT molecular complexity index is 473. The molecule has 1 N–H and O–H groups in total. The predicted octanol–water partition coefficient (Wildman–Crippen LogP) is 3.04. The Balaban J connectivity index is 0. The fourth-order valence-corrected chi connectivity index (χ4v) is 1.31. The highest BCUT2D eigenvalue weighted by Crippen LogP contribution is 2.11. The van der Waals surface area contributed by atoms with E-state index in [0.29, 0.717) is 17.6 Å². The van der Waals surface area contributed by atoms with Gasteiger partial charge < -0.3 is 14.6 Å². The molecule has 0 radical (unpaired) electrons. The van der Waals surface area contributed by atoms with Crippen LogP contribution in [0.5, 0.6) is 0 Å². The summed E-state index contributed by atoms with van der Waals surface area (Å²) in [6.07, 6.45) is 4.01. The first kappa shape index (κ1) is 22.9. The van der Waals surface area contributed by atoms with E-state index in [4.69, 9.17) is 5.11 Å². The van der Waals surface area contributed by atoms with Gasteiger partial charge in [-0.2, -0.15) is 0 Å². The van der Waals surface area contributed by atoms with Crippen molar-refractivity contribution in [1.29, 1.82) is 0 Å². The molecule has 0 unspecified atom stereocenters. The number of carbonyl (C=O) groups excluding carboxylic acids is 2. The van der Waals surface area contributed by atoms with Crippen LogP contribution in [0.25, 0.3) is 0 Å². The number of unbranched alkanes of at least 4 members (excludes halogenated alkanes) is 1. The SMILES string of the molecule is C=C(C)C(=O)OC.C=C(CC=C(CCCC)C(=O)O)C(=O)OC. The number of methoxy groups -OCH3 is 2. The fourth-order valence-electron chi connectivity index (χ4n) is 1.31. The monoisotopic (exact) mass is 326 g/mol. The average molecular weight is 326 g/mol. The van der Waals surface area contributed by atoms with Gasteiger partial charge >= 0.3 is 17.9 Å². The number of ether oxygens (including phenoxy) is 2. The second-order valence-corrected chi connectivity index (χ2v) is 4.71. The molecule has 0 atom stereocenters. The fraction of sp³-hybridized carbons (Fsp3) is 0.471. The lowest BCUT2D eigenvalue weighted by Gasteiger charge is -2.03. The number of esters is 2. The molecule has 0 bridgehead atoms. The molecule has 0 aliphatic heterocycles. The summed E-state index contributed by atoms with van der Waals surface area (Å²) in [5.74, 6) is -1.79. The number of carboxylic acids is 1. The van der Waals surface area contributed by atoms with Crippen LogP contribution in [0.1, 0.15) is 39.5 Å². The molecule has 0 aromatic heterocycles. The van der Waals surface area contributed by atoms with Gasteiger partial charge in [-0.15, -0.1) is 0 Å². The topological polar surface area (TPSA) is 89.9 Å². The van der Waals surface area contributed by atoms with Crippen LogP contribution >= 0.6 is 0 Å². The second kappa shape index (κ2) is 13.3. The Hall–Kier alpha value is -2.37. The number of allylic oxidation sites excluding steroid dienone is 1. The molecule has 6 nitrogen and oxygen atoms in total. The molecule has 130 valence electrons. The van der Waals surface area contributed by atoms with Gasteiger partial charge in [0.25, 0.3) is 0 Å². The minimum absolute atomic E-state index is 0.220. The molecule has 23 heavy (non-hydrogen) atoms. The van der Waals surface area contributed by atoms with Gasteiger partial charge in [0.1, 0.15) is 0 Å². The van der Waals surface area contributed by atoms with Gasteiger partial charge in [-0.05, 0) is 26.2 Å². The van der Waals surface area contributed by atoms with Gasteiger partial charge in [0, 0.05) is 16.7 Å². The van der Waals surface area contributed by atoms with Gasteiger partial charge in [-0.3, -0.25) is 0 Å². The number of rotatable bonds is 8. The quantitative estimate of drug-likeness (QED) is 0.544. The normalized spacial score (nSPS) is 10.0. The lowest BCUT2D eigenvalue weighted by Crippen LogP contribution is -2.05. The van der Waals surface area contributed by atoms with Gasteiger partial charge in [-0.1, -0.05) is 32.6 Å². The van der Waals surface area contributed by atoms with Crippen LogP contribution in [0.15, 0.2) is 36.0 Å². The Morgan fingerprint density at radius 3 is 1.91 bits per heavy atom. The van der Waals surface area contributed by atoms with Gasteiger partial charge in [0.15, 0.2) is 0 Å². The zero-order chi connectivity index (χ0) is 18.4. The summed E-state index contributed by atoms with van der Waals surface area (Å²) in [6, 6.07) is 0. The first-order valence-electron chi connectivity index (χ1n) is 7.13. The standard InChI is InChI=1S/C12H18O4.C5H8O2/c1-4-5-6-10(11(13)14)8-7-9(2)12(15)16-3;1-4(2)5(6)7-3/h8H,2,4-7H2,1,3H3,(H,13,14);1H2,2-3H3.